The predicted octanol–water partition coefficient (Wildman–Crippen LogP) is 9.50. The molecule has 2 atom stereocenters. The second-order valence-electron chi connectivity index (χ2n) is 12.3. The molecule has 6 nitrogen and oxygen atoms in total. The van der Waals surface area contributed by atoms with Crippen LogP contribution in [0.25, 0.3) is 0 Å². The molecule has 0 radical (unpaired) electrons. The van der Waals surface area contributed by atoms with Crippen molar-refractivity contribution in [1.29, 1.82) is 0 Å². The van der Waals surface area contributed by atoms with Crippen LogP contribution in [0.4, 0.5) is 4.39 Å². The number of carboxylic acid groups (broad SMARTS) is 1. The number of carboxylic acids is 1. The van der Waals surface area contributed by atoms with Gasteiger partial charge < -0.3 is 10.0 Å². The number of rotatable bonds is 31. The molecule has 0 spiro atoms. The molecule has 7 heteroatoms. The first-order chi connectivity index (χ1) is 19.8. The summed E-state index contributed by atoms with van der Waals surface area (Å²) in [4.78, 5) is 32.5. The van der Waals surface area contributed by atoms with Gasteiger partial charge in [0.05, 0.1) is 12.6 Å². The Kier molecular flexibility index (Phi) is 28.0. The number of amides is 1. The fourth-order valence-electron chi connectivity index (χ4n) is 5.33. The Hall–Kier alpha value is -1.21. The Morgan fingerprint density at radius 1 is 0.659 bits per heavy atom. The van der Waals surface area contributed by atoms with Crippen molar-refractivity contribution < 1.29 is 23.9 Å². The maximum absolute atomic E-state index is 13.4. The van der Waals surface area contributed by atoms with Crippen LogP contribution in [0.1, 0.15) is 168 Å². The summed E-state index contributed by atoms with van der Waals surface area (Å²) in [7, 11) is 4.07. The fourth-order valence-corrected chi connectivity index (χ4v) is 5.33. The lowest BCUT2D eigenvalue weighted by Gasteiger charge is -2.31. The predicted molar refractivity (Wildman–Crippen MR) is 170 cm³/mol. The number of nitrogens with zero attached hydrogens (tertiary/aromatic N) is 2. The zero-order chi connectivity index (χ0) is 30.6. The molecular weight excluding hydrogens is 519 g/mol. The van der Waals surface area contributed by atoms with Crippen molar-refractivity contribution in [1.82, 2.24) is 9.96 Å². The normalized spacial score (nSPS) is 13.0. The van der Waals surface area contributed by atoms with Crippen molar-refractivity contribution in [2.45, 2.75) is 180 Å². The molecule has 0 aromatic rings. The average Bonchev–Trinajstić information content (AvgIpc) is 2.94. The van der Waals surface area contributed by atoms with Gasteiger partial charge in [0, 0.05) is 6.42 Å². The Bertz CT molecular complexity index is 605. The molecular formula is C34H67FN2O4. The highest BCUT2D eigenvalue weighted by Gasteiger charge is 2.24. The smallest absolute Gasteiger partial charge is 0.338 e. The highest BCUT2D eigenvalue weighted by Crippen LogP contribution is 2.21. The summed E-state index contributed by atoms with van der Waals surface area (Å²) in [5, 5.41) is 10.5. The Morgan fingerprint density at radius 2 is 1.10 bits per heavy atom. The van der Waals surface area contributed by atoms with Crippen LogP contribution in [0, 0.1) is 0 Å². The van der Waals surface area contributed by atoms with Gasteiger partial charge in [0.2, 0.25) is 5.91 Å². The first-order valence-corrected chi connectivity index (χ1v) is 17.3. The molecule has 0 aromatic heterocycles. The van der Waals surface area contributed by atoms with Crippen molar-refractivity contribution in [3.8, 4) is 0 Å². The monoisotopic (exact) mass is 587 g/mol. The molecule has 41 heavy (non-hydrogen) atoms. The Morgan fingerprint density at radius 3 is 1.56 bits per heavy atom. The molecule has 0 fully saturated rings. The number of carbonyl (C=O) groups excluding carboxylic acids is 1. The van der Waals surface area contributed by atoms with Gasteiger partial charge in [-0.15, -0.1) is 0 Å². The highest BCUT2D eigenvalue weighted by molar-refractivity contribution is 5.75. The molecule has 0 rings (SSSR count). The van der Waals surface area contributed by atoms with Crippen molar-refractivity contribution in [2.24, 2.45) is 0 Å². The zero-order valence-corrected chi connectivity index (χ0v) is 27.5. The number of halogens is 1. The van der Waals surface area contributed by atoms with E-state index in [0.29, 0.717) is 19.4 Å². The molecule has 0 aromatic carbocycles. The van der Waals surface area contributed by atoms with Gasteiger partial charge in [0.25, 0.3) is 0 Å². The summed E-state index contributed by atoms with van der Waals surface area (Å²) in [6, 6.07) is 0.0690. The quantitative estimate of drug-likeness (QED) is 0.0647. The number of unbranched alkanes of at least 4 members (excludes halogenated alkanes) is 16. The number of carbonyl (C=O) groups is 2. The lowest BCUT2D eigenvalue weighted by atomic mass is 9.99. The van der Waals surface area contributed by atoms with Crippen molar-refractivity contribution >= 4 is 11.9 Å². The molecule has 244 valence electrons. The summed E-state index contributed by atoms with van der Waals surface area (Å²) in [6.45, 7) is 5.96. The van der Waals surface area contributed by atoms with Crippen LogP contribution >= 0.6 is 0 Å². The summed E-state index contributed by atoms with van der Waals surface area (Å²) in [5.74, 6) is -1.27. The Labute approximate surface area is 253 Å². The lowest BCUT2D eigenvalue weighted by Crippen LogP contribution is -2.41. The van der Waals surface area contributed by atoms with E-state index in [0.717, 1.165) is 64.3 Å². The molecule has 0 saturated carbocycles. The molecule has 0 aliphatic carbocycles. The Balaban J connectivity index is 4.97. The van der Waals surface area contributed by atoms with Crippen molar-refractivity contribution in [3.63, 3.8) is 0 Å². The number of alkyl halides is 1. The van der Waals surface area contributed by atoms with E-state index in [9.17, 15) is 14.0 Å². The van der Waals surface area contributed by atoms with Gasteiger partial charge in [-0.3, -0.25) is 9.63 Å². The molecule has 1 amide bonds. The summed E-state index contributed by atoms with van der Waals surface area (Å²) in [5.41, 5.74) is 0. The van der Waals surface area contributed by atoms with Crippen molar-refractivity contribution in [2.75, 3.05) is 27.2 Å². The van der Waals surface area contributed by atoms with Crippen LogP contribution in [0.5, 0.6) is 0 Å². The van der Waals surface area contributed by atoms with E-state index in [1.165, 1.54) is 77.0 Å². The van der Waals surface area contributed by atoms with Gasteiger partial charge in [-0.1, -0.05) is 123 Å². The number of aliphatic carboxylic acids is 1. The molecule has 0 heterocycles. The van der Waals surface area contributed by atoms with Crippen LogP contribution in [0.2, 0.25) is 0 Å². The summed E-state index contributed by atoms with van der Waals surface area (Å²) >= 11 is 0. The van der Waals surface area contributed by atoms with Crippen LogP contribution in [0.3, 0.4) is 0 Å². The highest BCUT2D eigenvalue weighted by atomic mass is 19.1. The summed E-state index contributed by atoms with van der Waals surface area (Å²) in [6.07, 6.45) is 23.3. The van der Waals surface area contributed by atoms with Crippen molar-refractivity contribution in [3.05, 3.63) is 0 Å². The number of hydrogen-bond acceptors (Lipinski definition) is 4. The van der Waals surface area contributed by atoms with Gasteiger partial charge in [-0.2, -0.15) is 0 Å². The van der Waals surface area contributed by atoms with E-state index < -0.39 is 12.1 Å². The van der Waals surface area contributed by atoms with E-state index in [-0.39, 0.29) is 18.4 Å². The topological polar surface area (TPSA) is 70.1 Å². The molecule has 0 saturated heterocycles. The third-order valence-electron chi connectivity index (χ3n) is 7.96. The van der Waals surface area contributed by atoms with Gasteiger partial charge in [0.1, 0.15) is 0 Å². The minimum Gasteiger partial charge on any atom is -0.479 e. The second kappa shape index (κ2) is 28.9. The van der Waals surface area contributed by atoms with E-state index >= 15 is 0 Å². The third kappa shape index (κ3) is 25.0. The average molecular weight is 587 g/mol. The van der Waals surface area contributed by atoms with Crippen LogP contribution < -0.4 is 0 Å². The molecule has 0 aliphatic rings. The van der Waals surface area contributed by atoms with Gasteiger partial charge >= 0.3 is 5.97 Å². The third-order valence-corrected chi connectivity index (χ3v) is 7.96. The number of hydroxylamine groups is 2. The molecule has 0 bridgehead atoms. The standard InChI is InChI=1S/C34H67FN2O4/c1-5-7-9-11-13-15-19-23-30-41-37(33(38)28-24-29-36(3)4)31(25-20-16-14-12-10-8-6-2)26-21-17-18-22-27-32(35)34(39)40/h31-32H,5-30H2,1-4H3,(H,39,40). The maximum atomic E-state index is 13.4. The van der Waals surface area contributed by atoms with Gasteiger partial charge in [-0.05, 0) is 59.2 Å². The first-order valence-electron chi connectivity index (χ1n) is 17.3. The van der Waals surface area contributed by atoms with E-state index in [1.807, 2.05) is 14.1 Å². The lowest BCUT2D eigenvalue weighted by molar-refractivity contribution is -0.203. The minimum absolute atomic E-state index is 0.0690. The van der Waals surface area contributed by atoms with Crippen LogP contribution in [0.15, 0.2) is 0 Å². The van der Waals surface area contributed by atoms with Crippen LogP contribution in [-0.2, 0) is 14.4 Å². The van der Waals surface area contributed by atoms with E-state index in [1.54, 1.807) is 5.06 Å². The molecule has 2 unspecified atom stereocenters. The van der Waals surface area contributed by atoms with Gasteiger partial charge in [0.15, 0.2) is 6.17 Å². The molecule has 0 aliphatic heterocycles. The fraction of sp³-hybridized carbons (Fsp3) is 0.941. The largest absolute Gasteiger partial charge is 0.479 e. The SMILES string of the molecule is CCCCCCCCCCON(C(=O)CCCN(C)C)C(CCCCCCCCC)CCCCCCC(F)C(=O)O. The van der Waals surface area contributed by atoms with Gasteiger partial charge in [-0.25, -0.2) is 14.2 Å². The first kappa shape index (κ1) is 39.8. The number of hydrogen-bond donors (Lipinski definition) is 1. The summed E-state index contributed by atoms with van der Waals surface area (Å²) < 4.78 is 13.4. The minimum atomic E-state index is -1.76. The van der Waals surface area contributed by atoms with Crippen LogP contribution in [-0.4, -0.2) is 66.4 Å². The second-order valence-corrected chi connectivity index (χ2v) is 12.3. The maximum Gasteiger partial charge on any atom is 0.338 e. The molecule has 1 N–H and O–H groups in total. The van der Waals surface area contributed by atoms with E-state index in [4.69, 9.17) is 9.94 Å². The van der Waals surface area contributed by atoms with E-state index in [2.05, 4.69) is 18.7 Å². The zero-order valence-electron chi connectivity index (χ0n) is 27.5.